The Balaban J connectivity index is 1.93. The molecule has 2 rings (SSSR count). The van der Waals surface area contributed by atoms with E-state index in [0.717, 1.165) is 12.8 Å². The fraction of sp³-hybridized carbons (Fsp3) is 0.333. The van der Waals surface area contributed by atoms with Crippen LogP contribution in [0.15, 0.2) is 59.6 Å². The van der Waals surface area contributed by atoms with E-state index < -0.39 is 0 Å². The highest BCUT2D eigenvalue weighted by atomic mass is 19.1. The average Bonchev–Trinajstić information content (AvgIpc) is 2.64. The number of hydrogen-bond acceptors (Lipinski definition) is 3. The molecule has 0 aliphatic heterocycles. The van der Waals surface area contributed by atoms with Crippen molar-refractivity contribution < 1.29 is 13.9 Å². The van der Waals surface area contributed by atoms with Crippen molar-refractivity contribution in [2.45, 2.75) is 26.7 Å². The standard InChI is InChI=1S/C21H25FN2O2/c1-16(2)15-26-21(23-14-6-9-17-7-4-3-5-8-17)24-20(25)18-10-12-19(22)13-11-18/h3-5,7-8,10-13,16H,6,9,14-15H2,1-2H3,(H,23,24,25). The molecule has 0 spiro atoms. The predicted molar refractivity (Wildman–Crippen MR) is 102 cm³/mol. The molecule has 0 radical (unpaired) electrons. The summed E-state index contributed by atoms with van der Waals surface area (Å²) in [6, 6.07) is 15.7. The number of benzene rings is 2. The molecule has 0 saturated carbocycles. The normalized spacial score (nSPS) is 11.5. The Bertz CT molecular complexity index is 713. The van der Waals surface area contributed by atoms with Gasteiger partial charge in [0.15, 0.2) is 0 Å². The van der Waals surface area contributed by atoms with Crippen LogP contribution in [-0.4, -0.2) is 25.1 Å². The van der Waals surface area contributed by atoms with Gasteiger partial charge in [-0.3, -0.25) is 10.1 Å². The molecule has 0 saturated heterocycles. The molecule has 2 aromatic carbocycles. The molecular formula is C21H25FN2O2. The Hall–Kier alpha value is -2.69. The van der Waals surface area contributed by atoms with Crippen molar-refractivity contribution in [1.82, 2.24) is 5.32 Å². The topological polar surface area (TPSA) is 50.7 Å². The molecule has 0 fully saturated rings. The maximum atomic E-state index is 13.0. The van der Waals surface area contributed by atoms with Crippen LogP contribution in [0.25, 0.3) is 0 Å². The third-order valence-corrected chi connectivity index (χ3v) is 3.60. The van der Waals surface area contributed by atoms with Crippen LogP contribution >= 0.6 is 0 Å². The largest absolute Gasteiger partial charge is 0.465 e. The lowest BCUT2D eigenvalue weighted by atomic mass is 10.1. The second-order valence-corrected chi connectivity index (χ2v) is 6.44. The molecule has 2 aromatic rings. The number of amidine groups is 1. The molecule has 26 heavy (non-hydrogen) atoms. The molecule has 0 aliphatic rings. The lowest BCUT2D eigenvalue weighted by Gasteiger charge is -2.12. The van der Waals surface area contributed by atoms with Gasteiger partial charge in [-0.25, -0.2) is 9.38 Å². The van der Waals surface area contributed by atoms with Crippen LogP contribution in [0.5, 0.6) is 0 Å². The van der Waals surface area contributed by atoms with Gasteiger partial charge in [-0.15, -0.1) is 0 Å². The van der Waals surface area contributed by atoms with Gasteiger partial charge in [0.25, 0.3) is 11.9 Å². The first-order valence-corrected chi connectivity index (χ1v) is 8.82. The van der Waals surface area contributed by atoms with Crippen LogP contribution < -0.4 is 5.32 Å². The first kappa shape index (κ1) is 19.6. The van der Waals surface area contributed by atoms with Crippen molar-refractivity contribution in [3.63, 3.8) is 0 Å². The molecule has 0 aliphatic carbocycles. The van der Waals surface area contributed by atoms with Crippen molar-refractivity contribution >= 4 is 11.9 Å². The number of aryl methyl sites for hydroxylation is 1. The molecule has 1 N–H and O–H groups in total. The lowest BCUT2D eigenvalue weighted by molar-refractivity contribution is 0.0963. The third-order valence-electron chi connectivity index (χ3n) is 3.60. The van der Waals surface area contributed by atoms with Gasteiger partial charge in [0.2, 0.25) is 0 Å². The second kappa shape index (κ2) is 10.3. The van der Waals surface area contributed by atoms with Crippen molar-refractivity contribution in [3.05, 3.63) is 71.5 Å². The zero-order chi connectivity index (χ0) is 18.8. The number of carbonyl (C=O) groups is 1. The number of hydrogen-bond donors (Lipinski definition) is 1. The highest BCUT2D eigenvalue weighted by Gasteiger charge is 2.11. The third kappa shape index (κ3) is 7.05. The maximum absolute atomic E-state index is 13.0. The first-order valence-electron chi connectivity index (χ1n) is 8.82. The Morgan fingerprint density at radius 1 is 1.12 bits per heavy atom. The minimum Gasteiger partial charge on any atom is -0.465 e. The lowest BCUT2D eigenvalue weighted by Crippen LogP contribution is -2.33. The molecule has 5 heteroatoms. The second-order valence-electron chi connectivity index (χ2n) is 6.44. The fourth-order valence-corrected chi connectivity index (χ4v) is 2.25. The van der Waals surface area contributed by atoms with Gasteiger partial charge >= 0.3 is 0 Å². The van der Waals surface area contributed by atoms with Gasteiger partial charge in [0.05, 0.1) is 6.61 Å². The first-order chi connectivity index (χ1) is 12.5. The summed E-state index contributed by atoms with van der Waals surface area (Å²) >= 11 is 0. The van der Waals surface area contributed by atoms with Gasteiger partial charge in [0.1, 0.15) is 5.82 Å². The van der Waals surface area contributed by atoms with Crippen molar-refractivity contribution in [2.24, 2.45) is 10.9 Å². The Labute approximate surface area is 154 Å². The summed E-state index contributed by atoms with van der Waals surface area (Å²) in [4.78, 5) is 16.7. The highest BCUT2D eigenvalue weighted by Crippen LogP contribution is 2.04. The smallest absolute Gasteiger partial charge is 0.291 e. The van der Waals surface area contributed by atoms with E-state index in [0.29, 0.717) is 24.6 Å². The number of halogens is 1. The molecule has 0 bridgehead atoms. The minimum atomic E-state index is -0.382. The quantitative estimate of drug-likeness (QED) is 0.459. The number of amides is 1. The van der Waals surface area contributed by atoms with Crippen LogP contribution in [0.4, 0.5) is 4.39 Å². The number of carbonyl (C=O) groups excluding carboxylic acids is 1. The predicted octanol–water partition coefficient (Wildman–Crippen LogP) is 4.22. The average molecular weight is 356 g/mol. The number of nitrogens with zero attached hydrogens (tertiary/aromatic N) is 1. The maximum Gasteiger partial charge on any atom is 0.291 e. The zero-order valence-corrected chi connectivity index (χ0v) is 15.2. The highest BCUT2D eigenvalue weighted by molar-refractivity contribution is 6.04. The van der Waals surface area contributed by atoms with E-state index in [1.54, 1.807) is 0 Å². The van der Waals surface area contributed by atoms with Gasteiger partial charge in [-0.05, 0) is 48.6 Å². The van der Waals surface area contributed by atoms with E-state index in [4.69, 9.17) is 4.74 Å². The Kier molecular flexibility index (Phi) is 7.80. The molecule has 0 aromatic heterocycles. The monoisotopic (exact) mass is 356 g/mol. The van der Waals surface area contributed by atoms with Crippen LogP contribution in [0, 0.1) is 11.7 Å². The van der Waals surface area contributed by atoms with E-state index in [2.05, 4.69) is 22.4 Å². The van der Waals surface area contributed by atoms with Crippen molar-refractivity contribution in [1.29, 1.82) is 0 Å². The molecule has 138 valence electrons. The molecule has 1 amide bonds. The number of aliphatic imine (C=N–C) groups is 1. The summed E-state index contributed by atoms with van der Waals surface area (Å²) in [5, 5.41) is 2.67. The van der Waals surface area contributed by atoms with E-state index in [1.165, 1.54) is 29.8 Å². The van der Waals surface area contributed by atoms with Gasteiger partial charge < -0.3 is 4.74 Å². The van der Waals surface area contributed by atoms with Gasteiger partial charge in [0, 0.05) is 12.1 Å². The van der Waals surface area contributed by atoms with Crippen molar-refractivity contribution in [2.75, 3.05) is 13.2 Å². The fourth-order valence-electron chi connectivity index (χ4n) is 2.25. The van der Waals surface area contributed by atoms with Crippen LogP contribution in [0.2, 0.25) is 0 Å². The SMILES string of the molecule is CC(C)COC(=NCCCc1ccccc1)NC(=O)c1ccc(F)cc1. The Morgan fingerprint density at radius 3 is 2.46 bits per heavy atom. The summed E-state index contributed by atoms with van der Waals surface area (Å²) < 4.78 is 18.6. The summed E-state index contributed by atoms with van der Waals surface area (Å²) in [6.45, 7) is 5.05. The minimum absolute atomic E-state index is 0.209. The number of ether oxygens (including phenoxy) is 1. The molecule has 0 atom stereocenters. The summed E-state index contributed by atoms with van der Waals surface area (Å²) in [7, 11) is 0. The van der Waals surface area contributed by atoms with E-state index in [1.807, 2.05) is 32.0 Å². The number of rotatable bonds is 7. The van der Waals surface area contributed by atoms with Gasteiger partial charge in [-0.1, -0.05) is 44.2 Å². The van der Waals surface area contributed by atoms with Crippen LogP contribution in [-0.2, 0) is 11.2 Å². The summed E-state index contributed by atoms with van der Waals surface area (Å²) in [6.07, 6.45) is 1.76. The molecule has 0 unspecified atom stereocenters. The molecular weight excluding hydrogens is 331 g/mol. The number of nitrogens with one attached hydrogen (secondary N) is 1. The van der Waals surface area contributed by atoms with E-state index in [9.17, 15) is 9.18 Å². The van der Waals surface area contributed by atoms with Crippen molar-refractivity contribution in [3.8, 4) is 0 Å². The van der Waals surface area contributed by atoms with Gasteiger partial charge in [-0.2, -0.15) is 0 Å². The van der Waals surface area contributed by atoms with Crippen LogP contribution in [0.3, 0.4) is 0 Å². The summed E-state index contributed by atoms with van der Waals surface area (Å²) in [5.74, 6) is -0.435. The van der Waals surface area contributed by atoms with E-state index in [-0.39, 0.29) is 17.7 Å². The molecule has 0 heterocycles. The van der Waals surface area contributed by atoms with Crippen LogP contribution in [0.1, 0.15) is 36.2 Å². The summed E-state index contributed by atoms with van der Waals surface area (Å²) in [5.41, 5.74) is 1.61. The van der Waals surface area contributed by atoms with E-state index >= 15 is 0 Å². The Morgan fingerprint density at radius 2 is 1.81 bits per heavy atom. The molecule has 4 nitrogen and oxygen atoms in total. The zero-order valence-electron chi connectivity index (χ0n) is 15.2.